The smallest absolute Gasteiger partial charge is 0.326 e. The van der Waals surface area contributed by atoms with Gasteiger partial charge in [-0.2, -0.15) is 0 Å². The average molecular weight is 275 g/mol. The number of aliphatic hydroxyl groups is 1. The summed E-state index contributed by atoms with van der Waals surface area (Å²) >= 11 is 0. The number of fused-ring (bicyclic) bond motifs is 1. The van der Waals surface area contributed by atoms with Crippen molar-refractivity contribution in [2.75, 3.05) is 19.7 Å². The summed E-state index contributed by atoms with van der Waals surface area (Å²) in [4.78, 5) is 17.2. The summed E-state index contributed by atoms with van der Waals surface area (Å²) in [5.74, 6) is 0. The van der Waals surface area contributed by atoms with Crippen LogP contribution in [0.4, 0.5) is 0 Å². The summed E-state index contributed by atoms with van der Waals surface area (Å²) < 4.78 is 1.80. The number of imidazole rings is 1. The fourth-order valence-corrected chi connectivity index (χ4v) is 3.16. The van der Waals surface area contributed by atoms with Crippen LogP contribution in [-0.4, -0.2) is 45.3 Å². The van der Waals surface area contributed by atoms with E-state index in [1.54, 1.807) is 4.57 Å². The topological polar surface area (TPSA) is 61.3 Å². The van der Waals surface area contributed by atoms with E-state index in [2.05, 4.69) is 9.88 Å². The van der Waals surface area contributed by atoms with E-state index in [1.165, 1.54) is 0 Å². The Morgan fingerprint density at radius 3 is 3.00 bits per heavy atom. The van der Waals surface area contributed by atoms with Crippen molar-refractivity contribution >= 4 is 11.0 Å². The van der Waals surface area contributed by atoms with E-state index in [4.69, 9.17) is 0 Å². The molecule has 1 aliphatic heterocycles. The maximum atomic E-state index is 11.9. The molecule has 1 atom stereocenters. The summed E-state index contributed by atoms with van der Waals surface area (Å²) in [5.41, 5.74) is 1.83. The highest BCUT2D eigenvalue weighted by Gasteiger charge is 2.22. The number of nitrogens with zero attached hydrogens (tertiary/aromatic N) is 2. The van der Waals surface area contributed by atoms with Gasteiger partial charge in [-0.25, -0.2) is 4.79 Å². The number of nitrogens with one attached hydrogen (secondary N) is 1. The first kappa shape index (κ1) is 13.4. The summed E-state index contributed by atoms with van der Waals surface area (Å²) in [6, 6.07) is 8.09. The Morgan fingerprint density at radius 1 is 1.30 bits per heavy atom. The molecule has 1 aliphatic rings. The molecule has 2 N–H and O–H groups in total. The van der Waals surface area contributed by atoms with Gasteiger partial charge >= 0.3 is 5.69 Å². The minimum Gasteiger partial charge on any atom is -0.395 e. The normalized spacial score (nSPS) is 19.9. The van der Waals surface area contributed by atoms with Gasteiger partial charge in [0.25, 0.3) is 0 Å². The standard InChI is InChI=1S/C15H21N3O2/c19-11-12-5-3-8-17(12)9-4-10-18-14-7-2-1-6-13(14)16-15(18)20/h1-2,6-7,12,19H,3-5,8-11H2,(H,16,20). The second-order valence-corrected chi connectivity index (χ2v) is 5.47. The number of benzene rings is 1. The zero-order valence-corrected chi connectivity index (χ0v) is 11.6. The van der Waals surface area contributed by atoms with Crippen molar-refractivity contribution in [2.24, 2.45) is 0 Å². The molecule has 108 valence electrons. The number of rotatable bonds is 5. The van der Waals surface area contributed by atoms with Crippen LogP contribution in [0.25, 0.3) is 11.0 Å². The van der Waals surface area contributed by atoms with Gasteiger partial charge in [0.1, 0.15) is 0 Å². The third kappa shape index (κ3) is 2.51. The Labute approximate surface area is 117 Å². The van der Waals surface area contributed by atoms with Crippen LogP contribution in [-0.2, 0) is 6.54 Å². The van der Waals surface area contributed by atoms with Crippen molar-refractivity contribution in [3.8, 4) is 0 Å². The first-order chi connectivity index (χ1) is 9.79. The minimum atomic E-state index is -0.0358. The van der Waals surface area contributed by atoms with Crippen LogP contribution in [0.2, 0.25) is 0 Å². The van der Waals surface area contributed by atoms with Gasteiger partial charge in [-0.1, -0.05) is 12.1 Å². The molecule has 20 heavy (non-hydrogen) atoms. The zero-order valence-electron chi connectivity index (χ0n) is 11.6. The van der Waals surface area contributed by atoms with E-state index >= 15 is 0 Å². The van der Waals surface area contributed by atoms with E-state index in [-0.39, 0.29) is 12.3 Å². The molecule has 0 saturated carbocycles. The third-order valence-electron chi connectivity index (χ3n) is 4.22. The number of aromatic nitrogens is 2. The van der Waals surface area contributed by atoms with Gasteiger partial charge in [0.2, 0.25) is 0 Å². The molecular formula is C15H21N3O2. The Morgan fingerprint density at radius 2 is 2.15 bits per heavy atom. The number of hydrogen-bond donors (Lipinski definition) is 2. The van der Waals surface area contributed by atoms with Gasteiger partial charge in [-0.3, -0.25) is 9.47 Å². The Bertz CT molecular complexity index is 631. The fourth-order valence-electron chi connectivity index (χ4n) is 3.16. The lowest BCUT2D eigenvalue weighted by Crippen LogP contribution is -2.33. The van der Waals surface area contributed by atoms with Crippen LogP contribution in [0, 0.1) is 0 Å². The maximum Gasteiger partial charge on any atom is 0.326 e. The van der Waals surface area contributed by atoms with Crippen molar-refractivity contribution in [1.29, 1.82) is 0 Å². The number of likely N-dealkylation sites (tertiary alicyclic amines) is 1. The van der Waals surface area contributed by atoms with Gasteiger partial charge in [0.05, 0.1) is 17.6 Å². The predicted molar refractivity (Wildman–Crippen MR) is 78.9 cm³/mol. The monoisotopic (exact) mass is 275 g/mol. The maximum absolute atomic E-state index is 11.9. The molecule has 0 radical (unpaired) electrons. The van der Waals surface area contributed by atoms with Crippen LogP contribution >= 0.6 is 0 Å². The van der Waals surface area contributed by atoms with Gasteiger partial charge in [0.15, 0.2) is 0 Å². The minimum absolute atomic E-state index is 0.0358. The lowest BCUT2D eigenvalue weighted by molar-refractivity contribution is 0.156. The third-order valence-corrected chi connectivity index (χ3v) is 4.22. The molecule has 2 aromatic rings. The largest absolute Gasteiger partial charge is 0.395 e. The van der Waals surface area contributed by atoms with Crippen molar-refractivity contribution in [3.63, 3.8) is 0 Å². The number of aromatic amines is 1. The summed E-state index contributed by atoms with van der Waals surface area (Å²) in [6.07, 6.45) is 3.18. The van der Waals surface area contributed by atoms with Crippen molar-refractivity contribution < 1.29 is 5.11 Å². The summed E-state index contributed by atoms with van der Waals surface area (Å²) in [7, 11) is 0. The number of aryl methyl sites for hydroxylation is 1. The molecule has 5 heteroatoms. The molecular weight excluding hydrogens is 254 g/mol. The molecule has 1 fully saturated rings. The SMILES string of the molecule is O=c1[nH]c2ccccc2n1CCCN1CCCC1CO. The molecule has 0 bridgehead atoms. The molecule has 1 aromatic heterocycles. The lowest BCUT2D eigenvalue weighted by Gasteiger charge is -2.22. The van der Waals surface area contributed by atoms with E-state index in [9.17, 15) is 9.90 Å². The molecule has 1 unspecified atom stereocenters. The Kier molecular flexibility index (Phi) is 3.89. The highest BCUT2D eigenvalue weighted by atomic mass is 16.3. The highest BCUT2D eigenvalue weighted by molar-refractivity contribution is 5.74. The van der Waals surface area contributed by atoms with E-state index in [0.717, 1.165) is 49.9 Å². The molecule has 0 aliphatic carbocycles. The molecule has 1 aromatic carbocycles. The van der Waals surface area contributed by atoms with Crippen molar-refractivity contribution in [2.45, 2.75) is 31.8 Å². The number of para-hydroxylation sites is 2. The van der Waals surface area contributed by atoms with Crippen LogP contribution in [0.15, 0.2) is 29.1 Å². The molecule has 0 amide bonds. The number of H-pyrrole nitrogens is 1. The molecule has 1 saturated heterocycles. The second kappa shape index (κ2) is 5.81. The first-order valence-electron chi connectivity index (χ1n) is 7.32. The van der Waals surface area contributed by atoms with E-state index in [0.29, 0.717) is 6.04 Å². The van der Waals surface area contributed by atoms with Crippen LogP contribution in [0.1, 0.15) is 19.3 Å². The first-order valence-corrected chi connectivity index (χ1v) is 7.32. The summed E-state index contributed by atoms with van der Waals surface area (Å²) in [6.45, 7) is 2.97. The Hall–Kier alpha value is -1.59. The highest BCUT2D eigenvalue weighted by Crippen LogP contribution is 2.17. The molecule has 0 spiro atoms. The van der Waals surface area contributed by atoms with E-state index < -0.39 is 0 Å². The van der Waals surface area contributed by atoms with E-state index in [1.807, 2.05) is 24.3 Å². The van der Waals surface area contributed by atoms with Gasteiger partial charge < -0.3 is 10.1 Å². The summed E-state index contributed by atoms with van der Waals surface area (Å²) in [5, 5.41) is 9.30. The molecule has 5 nitrogen and oxygen atoms in total. The zero-order chi connectivity index (χ0) is 13.9. The molecule has 3 rings (SSSR count). The van der Waals surface area contributed by atoms with Crippen LogP contribution in [0.3, 0.4) is 0 Å². The Balaban J connectivity index is 1.65. The van der Waals surface area contributed by atoms with Crippen LogP contribution < -0.4 is 5.69 Å². The van der Waals surface area contributed by atoms with Crippen molar-refractivity contribution in [1.82, 2.24) is 14.5 Å². The fraction of sp³-hybridized carbons (Fsp3) is 0.533. The van der Waals surface area contributed by atoms with Crippen molar-refractivity contribution in [3.05, 3.63) is 34.7 Å². The van der Waals surface area contributed by atoms with Gasteiger partial charge in [-0.15, -0.1) is 0 Å². The second-order valence-electron chi connectivity index (χ2n) is 5.47. The van der Waals surface area contributed by atoms with Gasteiger partial charge in [-0.05, 0) is 37.9 Å². The van der Waals surface area contributed by atoms with Gasteiger partial charge in [0, 0.05) is 19.1 Å². The number of aliphatic hydroxyl groups excluding tert-OH is 1. The lowest BCUT2D eigenvalue weighted by atomic mass is 10.2. The predicted octanol–water partition coefficient (Wildman–Crippen LogP) is 1.18. The quantitative estimate of drug-likeness (QED) is 0.861. The number of hydrogen-bond acceptors (Lipinski definition) is 3. The average Bonchev–Trinajstić information content (AvgIpc) is 3.03. The molecule has 2 heterocycles. The van der Waals surface area contributed by atoms with Crippen LogP contribution in [0.5, 0.6) is 0 Å².